The molecule has 2 heteroatoms. The average Bonchev–Trinajstić information content (AvgIpc) is 2.55. The minimum absolute atomic E-state index is 0.107. The molecule has 1 aromatic carbocycles. The number of benzene rings is 1. The summed E-state index contributed by atoms with van der Waals surface area (Å²) in [4.78, 5) is 12.9. The zero-order chi connectivity index (χ0) is 15.4. The fraction of sp³-hybridized carbons (Fsp3) is 0.421. The largest absolute Gasteiger partial charge is 0.377 e. The highest BCUT2D eigenvalue weighted by Crippen LogP contribution is 2.45. The second kappa shape index (κ2) is 4.67. The van der Waals surface area contributed by atoms with E-state index in [2.05, 4.69) is 19.6 Å². The number of rotatable bonds is 1. The molecule has 0 bridgehead atoms. The summed E-state index contributed by atoms with van der Waals surface area (Å²) < 4.78 is 0. The van der Waals surface area contributed by atoms with Gasteiger partial charge < -0.3 is 5.11 Å². The van der Waals surface area contributed by atoms with Gasteiger partial charge in [0.05, 0.1) is 0 Å². The molecule has 2 nitrogen and oxygen atoms in total. The van der Waals surface area contributed by atoms with Crippen molar-refractivity contribution in [3.05, 3.63) is 52.1 Å². The molecule has 0 saturated heterocycles. The van der Waals surface area contributed by atoms with E-state index in [9.17, 15) is 9.90 Å². The van der Waals surface area contributed by atoms with Crippen molar-refractivity contribution in [2.24, 2.45) is 5.92 Å². The zero-order valence-corrected chi connectivity index (χ0v) is 13.0. The van der Waals surface area contributed by atoms with Crippen LogP contribution in [0.4, 0.5) is 0 Å². The highest BCUT2D eigenvalue weighted by Gasteiger charge is 2.46. The van der Waals surface area contributed by atoms with Crippen LogP contribution in [-0.4, -0.2) is 10.9 Å². The number of aryl methyl sites for hydroxylation is 1. The van der Waals surface area contributed by atoms with Crippen LogP contribution >= 0.6 is 0 Å². The molecule has 0 aromatic heterocycles. The maximum Gasteiger partial charge on any atom is 0.195 e. The first-order valence-electron chi connectivity index (χ1n) is 7.63. The van der Waals surface area contributed by atoms with E-state index in [1.54, 1.807) is 0 Å². The molecular formula is C19H22O2. The monoisotopic (exact) mass is 282 g/mol. The zero-order valence-electron chi connectivity index (χ0n) is 13.0. The standard InChI is InChI=1S/C19H22O2/c1-11(2)16-9-14-7-6-13(4)15-8-5-12(3)10-19(21,17(14)15)18(16)20/h6-7,9,11,21H,3,5,8,10H2,1-2,4H3/t19-/m0/s1. The van der Waals surface area contributed by atoms with Crippen LogP contribution in [0.5, 0.6) is 0 Å². The summed E-state index contributed by atoms with van der Waals surface area (Å²) >= 11 is 0. The van der Waals surface area contributed by atoms with Crippen molar-refractivity contribution in [1.29, 1.82) is 0 Å². The lowest BCUT2D eigenvalue weighted by atomic mass is 9.71. The van der Waals surface area contributed by atoms with Crippen LogP contribution in [0.2, 0.25) is 0 Å². The molecule has 110 valence electrons. The van der Waals surface area contributed by atoms with Gasteiger partial charge in [0.25, 0.3) is 0 Å². The van der Waals surface area contributed by atoms with E-state index in [-0.39, 0.29) is 11.7 Å². The quantitative estimate of drug-likeness (QED) is 0.797. The topological polar surface area (TPSA) is 37.3 Å². The Hall–Kier alpha value is -1.67. The molecule has 2 aliphatic carbocycles. The highest BCUT2D eigenvalue weighted by molar-refractivity contribution is 6.09. The van der Waals surface area contributed by atoms with Gasteiger partial charge >= 0.3 is 0 Å². The number of aliphatic hydroxyl groups is 1. The minimum atomic E-state index is -1.42. The Balaban J connectivity index is 2.35. The summed E-state index contributed by atoms with van der Waals surface area (Å²) in [6, 6.07) is 4.12. The summed E-state index contributed by atoms with van der Waals surface area (Å²) in [5.74, 6) is -0.0316. The smallest absolute Gasteiger partial charge is 0.195 e. The van der Waals surface area contributed by atoms with Crippen molar-refractivity contribution in [3.8, 4) is 0 Å². The Morgan fingerprint density at radius 3 is 2.67 bits per heavy atom. The van der Waals surface area contributed by atoms with Crippen LogP contribution in [0, 0.1) is 12.8 Å². The molecular weight excluding hydrogens is 260 g/mol. The Kier molecular flexibility index (Phi) is 3.18. The van der Waals surface area contributed by atoms with Crippen molar-refractivity contribution < 1.29 is 9.90 Å². The van der Waals surface area contributed by atoms with Crippen molar-refractivity contribution in [3.63, 3.8) is 0 Å². The van der Waals surface area contributed by atoms with E-state index in [0.717, 1.165) is 46.2 Å². The predicted octanol–water partition coefficient (Wildman–Crippen LogP) is 3.70. The summed E-state index contributed by atoms with van der Waals surface area (Å²) in [7, 11) is 0. The molecule has 0 spiro atoms. The fourth-order valence-electron chi connectivity index (χ4n) is 3.64. The number of carbonyl (C=O) groups excluding carboxylic acids is 1. The third-order valence-corrected chi connectivity index (χ3v) is 4.80. The van der Waals surface area contributed by atoms with Crippen LogP contribution in [0.15, 0.2) is 29.9 Å². The SMILES string of the molecule is C=C1CCc2c(C)ccc3c2[C@@](O)(C1)C(=O)C(C(C)C)=C3. The van der Waals surface area contributed by atoms with Gasteiger partial charge in [-0.05, 0) is 48.4 Å². The first-order chi connectivity index (χ1) is 9.84. The molecule has 0 amide bonds. The number of ketones is 1. The van der Waals surface area contributed by atoms with E-state index in [1.165, 1.54) is 0 Å². The van der Waals surface area contributed by atoms with Crippen LogP contribution < -0.4 is 0 Å². The predicted molar refractivity (Wildman–Crippen MR) is 85.0 cm³/mol. The lowest BCUT2D eigenvalue weighted by Gasteiger charge is -2.35. The second-order valence-corrected chi connectivity index (χ2v) is 6.70. The van der Waals surface area contributed by atoms with Gasteiger partial charge in [-0.3, -0.25) is 4.79 Å². The van der Waals surface area contributed by atoms with Crippen molar-refractivity contribution in [1.82, 2.24) is 0 Å². The molecule has 1 atom stereocenters. The summed E-state index contributed by atoms with van der Waals surface area (Å²) in [5, 5.41) is 11.3. The molecule has 3 rings (SSSR count). The molecule has 0 heterocycles. The molecule has 0 radical (unpaired) electrons. The molecule has 0 saturated carbocycles. The van der Waals surface area contributed by atoms with E-state index in [0.29, 0.717) is 6.42 Å². The molecule has 1 N–H and O–H groups in total. The van der Waals surface area contributed by atoms with Crippen molar-refractivity contribution in [2.75, 3.05) is 0 Å². The highest BCUT2D eigenvalue weighted by atomic mass is 16.3. The normalized spacial score (nSPS) is 24.7. The van der Waals surface area contributed by atoms with E-state index in [4.69, 9.17) is 0 Å². The van der Waals surface area contributed by atoms with Gasteiger partial charge in [-0.1, -0.05) is 38.1 Å². The Morgan fingerprint density at radius 2 is 2.00 bits per heavy atom. The number of Topliss-reactive ketones (excluding diaryl/α,β-unsaturated/α-hetero) is 1. The number of carbonyl (C=O) groups is 1. The third kappa shape index (κ3) is 2.01. The van der Waals surface area contributed by atoms with E-state index < -0.39 is 5.60 Å². The van der Waals surface area contributed by atoms with Gasteiger partial charge in [-0.25, -0.2) is 0 Å². The molecule has 0 fully saturated rings. The van der Waals surface area contributed by atoms with E-state index in [1.807, 2.05) is 26.0 Å². The van der Waals surface area contributed by atoms with Gasteiger partial charge in [0.1, 0.15) is 0 Å². The summed E-state index contributed by atoms with van der Waals surface area (Å²) in [5.41, 5.74) is 4.36. The minimum Gasteiger partial charge on any atom is -0.377 e. The Morgan fingerprint density at radius 1 is 1.29 bits per heavy atom. The maximum absolute atomic E-state index is 12.9. The van der Waals surface area contributed by atoms with Gasteiger partial charge in [0.2, 0.25) is 0 Å². The molecule has 21 heavy (non-hydrogen) atoms. The van der Waals surface area contributed by atoms with Gasteiger partial charge in [0.15, 0.2) is 11.4 Å². The van der Waals surface area contributed by atoms with Crippen LogP contribution in [-0.2, 0) is 16.8 Å². The molecule has 0 unspecified atom stereocenters. The Labute approximate surface area is 126 Å². The van der Waals surface area contributed by atoms with Crippen molar-refractivity contribution >= 4 is 11.9 Å². The Bertz CT molecular complexity index is 679. The summed E-state index contributed by atoms with van der Waals surface area (Å²) in [6.07, 6.45) is 4.01. The van der Waals surface area contributed by atoms with Crippen LogP contribution in [0.25, 0.3) is 6.08 Å². The molecule has 0 aliphatic heterocycles. The lowest BCUT2D eigenvalue weighted by molar-refractivity contribution is -0.134. The molecule has 2 aliphatic rings. The first-order valence-corrected chi connectivity index (χ1v) is 7.63. The van der Waals surface area contributed by atoms with E-state index >= 15 is 0 Å². The fourth-order valence-corrected chi connectivity index (χ4v) is 3.64. The van der Waals surface area contributed by atoms with Crippen LogP contribution in [0.1, 0.15) is 48.9 Å². The first kappa shape index (κ1) is 14.3. The maximum atomic E-state index is 12.9. The van der Waals surface area contributed by atoms with Gasteiger partial charge in [-0.2, -0.15) is 0 Å². The van der Waals surface area contributed by atoms with Gasteiger partial charge in [-0.15, -0.1) is 0 Å². The average molecular weight is 282 g/mol. The molecule has 1 aromatic rings. The third-order valence-electron chi connectivity index (χ3n) is 4.80. The number of hydrogen-bond acceptors (Lipinski definition) is 2. The second-order valence-electron chi connectivity index (χ2n) is 6.70. The van der Waals surface area contributed by atoms with Crippen LogP contribution in [0.3, 0.4) is 0 Å². The van der Waals surface area contributed by atoms with Crippen molar-refractivity contribution in [2.45, 2.75) is 45.6 Å². The lowest BCUT2D eigenvalue weighted by Crippen LogP contribution is -2.41. The van der Waals surface area contributed by atoms with Gasteiger partial charge in [0, 0.05) is 17.6 Å². The summed E-state index contributed by atoms with van der Waals surface area (Å²) in [6.45, 7) is 10.1. The number of hydrogen-bond donors (Lipinski definition) is 1.